The van der Waals surface area contributed by atoms with Crippen LogP contribution >= 0.6 is 0 Å². The fourth-order valence-corrected chi connectivity index (χ4v) is 3.40. The van der Waals surface area contributed by atoms with Gasteiger partial charge >= 0.3 is 5.97 Å². The molecule has 6 heteroatoms. The van der Waals surface area contributed by atoms with Gasteiger partial charge in [0, 0.05) is 24.7 Å². The Labute approximate surface area is 147 Å². The molecule has 2 amide bonds. The Kier molecular flexibility index (Phi) is 5.06. The summed E-state index contributed by atoms with van der Waals surface area (Å²) in [6, 6.07) is 7.49. The molecule has 1 N–H and O–H groups in total. The maximum Gasteiger partial charge on any atom is 0.323 e. The van der Waals surface area contributed by atoms with Crippen LogP contribution in [-0.2, 0) is 9.59 Å². The van der Waals surface area contributed by atoms with Gasteiger partial charge in [0.15, 0.2) is 0 Å². The number of aryl methyl sites for hydroxylation is 1. The van der Waals surface area contributed by atoms with Gasteiger partial charge in [-0.1, -0.05) is 17.7 Å². The number of hydrogen-bond donors (Lipinski definition) is 1. The lowest BCUT2D eigenvalue weighted by molar-refractivity contribution is -0.147. The number of hydrogen-bond acceptors (Lipinski definition) is 3. The highest BCUT2D eigenvalue weighted by Gasteiger charge is 2.38. The Balaban J connectivity index is 1.67. The molecule has 2 fully saturated rings. The molecule has 1 aromatic carbocycles. The van der Waals surface area contributed by atoms with Crippen LogP contribution in [-0.4, -0.2) is 58.4 Å². The topological polar surface area (TPSA) is 77.9 Å². The van der Waals surface area contributed by atoms with Crippen molar-refractivity contribution in [3.8, 4) is 0 Å². The van der Waals surface area contributed by atoms with Crippen LogP contribution in [0.1, 0.15) is 41.6 Å². The van der Waals surface area contributed by atoms with E-state index in [9.17, 15) is 14.4 Å². The van der Waals surface area contributed by atoms with Gasteiger partial charge in [-0.05, 0) is 44.7 Å². The minimum absolute atomic E-state index is 0.0614. The second-order valence-corrected chi connectivity index (χ2v) is 7.05. The first kappa shape index (κ1) is 17.5. The number of piperidine rings is 1. The maximum absolute atomic E-state index is 12.8. The predicted molar refractivity (Wildman–Crippen MR) is 92.2 cm³/mol. The molecule has 3 rings (SSSR count). The van der Waals surface area contributed by atoms with Crippen LogP contribution in [0.25, 0.3) is 0 Å². The molecule has 1 unspecified atom stereocenters. The smallest absolute Gasteiger partial charge is 0.323 e. The number of amides is 2. The van der Waals surface area contributed by atoms with Crippen molar-refractivity contribution in [1.29, 1.82) is 0 Å². The number of benzene rings is 1. The van der Waals surface area contributed by atoms with Crippen molar-refractivity contribution in [2.75, 3.05) is 19.6 Å². The Bertz CT molecular complexity index is 667. The van der Waals surface area contributed by atoms with Crippen molar-refractivity contribution >= 4 is 17.8 Å². The normalized spacial score (nSPS) is 20.2. The van der Waals surface area contributed by atoms with Crippen LogP contribution in [0.2, 0.25) is 0 Å². The highest BCUT2D eigenvalue weighted by molar-refractivity contribution is 5.95. The summed E-state index contributed by atoms with van der Waals surface area (Å²) in [5.41, 5.74) is 1.72. The predicted octanol–water partition coefficient (Wildman–Crippen LogP) is 1.92. The molecule has 0 radical (unpaired) electrons. The van der Waals surface area contributed by atoms with Gasteiger partial charge in [0.05, 0.1) is 5.92 Å². The molecule has 2 aliphatic rings. The molecule has 1 saturated heterocycles. The largest absolute Gasteiger partial charge is 0.480 e. The first-order valence-electron chi connectivity index (χ1n) is 8.84. The van der Waals surface area contributed by atoms with Crippen LogP contribution in [0, 0.1) is 12.8 Å². The van der Waals surface area contributed by atoms with E-state index in [-0.39, 0.29) is 30.3 Å². The molecule has 1 heterocycles. The summed E-state index contributed by atoms with van der Waals surface area (Å²) < 4.78 is 0. The number of rotatable bonds is 5. The quantitative estimate of drug-likeness (QED) is 0.885. The lowest BCUT2D eigenvalue weighted by atomic mass is 9.95. The van der Waals surface area contributed by atoms with E-state index in [0.29, 0.717) is 25.1 Å². The molecule has 6 nitrogen and oxygen atoms in total. The van der Waals surface area contributed by atoms with Gasteiger partial charge in [-0.15, -0.1) is 0 Å². The number of carbonyl (C=O) groups is 3. The summed E-state index contributed by atoms with van der Waals surface area (Å²) in [7, 11) is 0. The van der Waals surface area contributed by atoms with Crippen molar-refractivity contribution in [3.05, 3.63) is 35.4 Å². The average Bonchev–Trinajstić information content (AvgIpc) is 3.44. The van der Waals surface area contributed by atoms with Gasteiger partial charge in [-0.3, -0.25) is 14.4 Å². The van der Waals surface area contributed by atoms with Crippen molar-refractivity contribution in [1.82, 2.24) is 9.80 Å². The van der Waals surface area contributed by atoms with Crippen molar-refractivity contribution in [2.45, 2.75) is 38.6 Å². The first-order valence-corrected chi connectivity index (χ1v) is 8.84. The van der Waals surface area contributed by atoms with Crippen molar-refractivity contribution < 1.29 is 19.5 Å². The molecule has 1 aliphatic carbocycles. The van der Waals surface area contributed by atoms with Gasteiger partial charge < -0.3 is 14.9 Å². The molecule has 0 aromatic heterocycles. The number of carboxylic acids is 1. The fourth-order valence-electron chi connectivity index (χ4n) is 3.40. The Morgan fingerprint density at radius 2 is 1.84 bits per heavy atom. The Morgan fingerprint density at radius 3 is 2.44 bits per heavy atom. The lowest BCUT2D eigenvalue weighted by Gasteiger charge is -2.34. The van der Waals surface area contributed by atoms with Gasteiger partial charge in [-0.2, -0.15) is 0 Å². The molecule has 1 saturated carbocycles. The zero-order valence-electron chi connectivity index (χ0n) is 14.5. The highest BCUT2D eigenvalue weighted by Crippen LogP contribution is 2.30. The van der Waals surface area contributed by atoms with E-state index in [0.717, 1.165) is 24.8 Å². The molecule has 0 spiro atoms. The molecular weight excluding hydrogens is 320 g/mol. The molecule has 1 aromatic rings. The number of carboxylic acid groups (broad SMARTS) is 1. The average molecular weight is 344 g/mol. The SMILES string of the molecule is Cc1ccc(C(=O)N2CCCC(C(=O)N(CC(=O)O)C3CC3)C2)cc1. The van der Waals surface area contributed by atoms with Crippen molar-refractivity contribution in [3.63, 3.8) is 0 Å². The number of nitrogens with zero attached hydrogens (tertiary/aromatic N) is 2. The van der Waals surface area contributed by atoms with Gasteiger partial charge in [0.2, 0.25) is 5.91 Å². The standard InChI is InChI=1S/C19H24N2O4/c1-13-4-6-14(7-5-13)18(24)20-10-2-3-15(11-20)19(25)21(12-17(22)23)16-8-9-16/h4-7,15-16H,2-3,8-12H2,1H3,(H,22,23). The van der Waals surface area contributed by atoms with E-state index >= 15 is 0 Å². The molecular formula is C19H24N2O4. The number of aliphatic carboxylic acids is 1. The van der Waals surface area contributed by atoms with Gasteiger partial charge in [0.1, 0.15) is 6.54 Å². The van der Waals surface area contributed by atoms with Gasteiger partial charge in [-0.25, -0.2) is 0 Å². The zero-order valence-corrected chi connectivity index (χ0v) is 14.5. The molecule has 25 heavy (non-hydrogen) atoms. The Hall–Kier alpha value is -2.37. The maximum atomic E-state index is 12.8. The summed E-state index contributed by atoms with van der Waals surface area (Å²) in [6.45, 7) is 2.73. The third-order valence-corrected chi connectivity index (χ3v) is 4.93. The molecule has 1 aliphatic heterocycles. The molecule has 134 valence electrons. The summed E-state index contributed by atoms with van der Waals surface area (Å²) in [5, 5.41) is 9.06. The third kappa shape index (κ3) is 4.18. The van der Waals surface area contributed by atoms with Gasteiger partial charge in [0.25, 0.3) is 5.91 Å². The molecule has 0 bridgehead atoms. The highest BCUT2D eigenvalue weighted by atomic mass is 16.4. The minimum atomic E-state index is -0.983. The summed E-state index contributed by atoms with van der Waals surface area (Å²) in [5.74, 6) is -1.47. The van der Waals surface area contributed by atoms with Crippen molar-refractivity contribution in [2.24, 2.45) is 5.92 Å². The first-order chi connectivity index (χ1) is 12.0. The molecule has 1 atom stereocenters. The second-order valence-electron chi connectivity index (χ2n) is 7.05. The Morgan fingerprint density at radius 1 is 1.16 bits per heavy atom. The van der Waals surface area contributed by atoms with E-state index in [1.165, 1.54) is 4.90 Å². The van der Waals surface area contributed by atoms with E-state index in [1.807, 2.05) is 31.2 Å². The number of carbonyl (C=O) groups excluding carboxylic acids is 2. The fraction of sp³-hybridized carbons (Fsp3) is 0.526. The van der Waals surface area contributed by atoms with E-state index < -0.39 is 5.97 Å². The lowest BCUT2D eigenvalue weighted by Crippen LogP contribution is -2.48. The van der Waals surface area contributed by atoms with E-state index in [2.05, 4.69) is 0 Å². The summed E-state index contributed by atoms with van der Waals surface area (Å²) in [6.07, 6.45) is 3.22. The van der Waals surface area contributed by atoms with Crippen LogP contribution in [0.3, 0.4) is 0 Å². The van der Waals surface area contributed by atoms with Crippen LogP contribution in [0.5, 0.6) is 0 Å². The van der Waals surface area contributed by atoms with Crippen LogP contribution in [0.15, 0.2) is 24.3 Å². The second kappa shape index (κ2) is 7.25. The number of likely N-dealkylation sites (tertiary alicyclic amines) is 1. The van der Waals surface area contributed by atoms with Crippen LogP contribution < -0.4 is 0 Å². The van der Waals surface area contributed by atoms with E-state index in [1.54, 1.807) is 4.90 Å². The summed E-state index contributed by atoms with van der Waals surface area (Å²) in [4.78, 5) is 39.7. The van der Waals surface area contributed by atoms with Crippen LogP contribution in [0.4, 0.5) is 0 Å². The zero-order chi connectivity index (χ0) is 18.0. The third-order valence-electron chi connectivity index (χ3n) is 4.93. The minimum Gasteiger partial charge on any atom is -0.480 e. The van der Waals surface area contributed by atoms with E-state index in [4.69, 9.17) is 5.11 Å². The summed E-state index contributed by atoms with van der Waals surface area (Å²) >= 11 is 0. The monoisotopic (exact) mass is 344 g/mol.